The molecule has 2 heterocycles. The number of aromatic nitrogens is 2. The molecule has 0 aliphatic carbocycles. The van der Waals surface area contributed by atoms with E-state index in [0.29, 0.717) is 0 Å². The highest BCUT2D eigenvalue weighted by Gasteiger charge is 2.00. The molecule has 2 aromatic heterocycles. The van der Waals surface area contributed by atoms with Crippen LogP contribution in [-0.2, 0) is 6.54 Å². The van der Waals surface area contributed by atoms with Gasteiger partial charge < -0.3 is 5.32 Å². The first kappa shape index (κ1) is 11.0. The third kappa shape index (κ3) is 2.96. The molecule has 0 aliphatic heterocycles. The fraction of sp³-hybridized carbons (Fsp3) is 0.500. The number of nitrogens with one attached hydrogen (secondary N) is 1. The molecule has 0 radical (unpaired) electrons. The van der Waals surface area contributed by atoms with Crippen LogP contribution in [0.25, 0.3) is 4.96 Å². The predicted molar refractivity (Wildman–Crippen MR) is 67.8 cm³/mol. The monoisotopic (exact) mass is 241 g/mol. The molecule has 0 saturated carbocycles. The Morgan fingerprint density at radius 2 is 2.53 bits per heavy atom. The Hall–Kier alpha value is -0.520. The van der Waals surface area contributed by atoms with Gasteiger partial charge in [-0.05, 0) is 25.0 Å². The predicted octanol–water partition coefficient (Wildman–Crippen LogP) is 2.24. The van der Waals surface area contributed by atoms with Crippen LogP contribution in [0, 0.1) is 0 Å². The van der Waals surface area contributed by atoms with E-state index in [4.69, 9.17) is 0 Å². The second-order valence-corrected chi connectivity index (χ2v) is 5.21. The van der Waals surface area contributed by atoms with Crippen molar-refractivity contribution in [2.45, 2.75) is 13.0 Å². The summed E-state index contributed by atoms with van der Waals surface area (Å²) in [5.74, 6) is 1.23. The lowest BCUT2D eigenvalue weighted by molar-refractivity contribution is 0.670. The number of rotatable bonds is 6. The SMILES string of the molecule is CSCCCNCc1cn2ccsc2n1. The van der Waals surface area contributed by atoms with Crippen LogP contribution in [0.1, 0.15) is 12.1 Å². The minimum Gasteiger partial charge on any atom is -0.311 e. The van der Waals surface area contributed by atoms with Gasteiger partial charge in [0.1, 0.15) is 0 Å². The second kappa shape index (κ2) is 5.53. The Morgan fingerprint density at radius 3 is 3.33 bits per heavy atom. The standard InChI is InChI=1S/C10H15N3S2/c1-14-5-2-3-11-7-9-8-13-4-6-15-10(13)12-9/h4,6,8,11H,2-3,5,7H2,1H3. The minimum atomic E-state index is 0.878. The summed E-state index contributed by atoms with van der Waals surface area (Å²) in [4.78, 5) is 5.58. The van der Waals surface area contributed by atoms with Crippen LogP contribution in [0.2, 0.25) is 0 Å². The van der Waals surface area contributed by atoms with Gasteiger partial charge in [0.15, 0.2) is 4.96 Å². The van der Waals surface area contributed by atoms with E-state index in [1.54, 1.807) is 11.3 Å². The number of hydrogen-bond acceptors (Lipinski definition) is 4. The molecule has 5 heteroatoms. The van der Waals surface area contributed by atoms with Crippen molar-refractivity contribution in [3.05, 3.63) is 23.5 Å². The molecule has 0 amide bonds. The summed E-state index contributed by atoms with van der Waals surface area (Å²) in [6.07, 6.45) is 7.50. The van der Waals surface area contributed by atoms with Gasteiger partial charge in [-0.3, -0.25) is 4.40 Å². The van der Waals surface area contributed by atoms with E-state index >= 15 is 0 Å². The van der Waals surface area contributed by atoms with Crippen molar-refractivity contribution in [2.24, 2.45) is 0 Å². The fourth-order valence-corrected chi connectivity index (χ4v) is 2.57. The summed E-state index contributed by atoms with van der Waals surface area (Å²) in [6.45, 7) is 1.95. The molecule has 0 unspecified atom stereocenters. The number of nitrogens with zero attached hydrogens (tertiary/aromatic N) is 2. The molecular weight excluding hydrogens is 226 g/mol. The van der Waals surface area contributed by atoms with Crippen LogP contribution in [0.5, 0.6) is 0 Å². The van der Waals surface area contributed by atoms with Crippen molar-refractivity contribution in [3.8, 4) is 0 Å². The maximum absolute atomic E-state index is 4.50. The van der Waals surface area contributed by atoms with Crippen LogP contribution in [0.3, 0.4) is 0 Å². The molecule has 0 spiro atoms. The van der Waals surface area contributed by atoms with Gasteiger partial charge in [-0.15, -0.1) is 11.3 Å². The van der Waals surface area contributed by atoms with E-state index in [9.17, 15) is 0 Å². The maximum atomic E-state index is 4.50. The first-order chi connectivity index (χ1) is 7.40. The quantitative estimate of drug-likeness (QED) is 0.787. The van der Waals surface area contributed by atoms with E-state index in [1.165, 1.54) is 12.2 Å². The Balaban J connectivity index is 1.77. The number of hydrogen-bond donors (Lipinski definition) is 1. The van der Waals surface area contributed by atoms with Gasteiger partial charge in [0.2, 0.25) is 0 Å². The van der Waals surface area contributed by atoms with Crippen LogP contribution >= 0.6 is 23.1 Å². The highest BCUT2D eigenvalue weighted by atomic mass is 32.2. The first-order valence-corrected chi connectivity index (χ1v) is 7.28. The molecule has 0 bridgehead atoms. The van der Waals surface area contributed by atoms with Crippen LogP contribution < -0.4 is 5.32 Å². The summed E-state index contributed by atoms with van der Waals surface area (Å²) >= 11 is 3.57. The average Bonchev–Trinajstić information content (AvgIpc) is 2.77. The molecule has 0 fully saturated rings. The van der Waals surface area contributed by atoms with Gasteiger partial charge in [-0.25, -0.2) is 4.98 Å². The lowest BCUT2D eigenvalue weighted by atomic mass is 10.4. The van der Waals surface area contributed by atoms with Gasteiger partial charge >= 0.3 is 0 Å². The lowest BCUT2D eigenvalue weighted by Gasteiger charge is -2.00. The Kier molecular flexibility index (Phi) is 4.05. The van der Waals surface area contributed by atoms with Gasteiger partial charge in [-0.1, -0.05) is 0 Å². The van der Waals surface area contributed by atoms with E-state index in [1.807, 2.05) is 18.0 Å². The molecular formula is C10H15N3S2. The molecule has 2 aromatic rings. The Bertz CT molecular complexity index is 379. The zero-order chi connectivity index (χ0) is 10.5. The summed E-state index contributed by atoms with van der Waals surface area (Å²) in [6, 6.07) is 0. The van der Waals surface area contributed by atoms with E-state index in [0.717, 1.165) is 23.7 Å². The second-order valence-electron chi connectivity index (χ2n) is 3.35. The fourth-order valence-electron chi connectivity index (χ4n) is 1.42. The summed E-state index contributed by atoms with van der Waals surface area (Å²) in [5, 5.41) is 5.46. The largest absolute Gasteiger partial charge is 0.311 e. The van der Waals surface area contributed by atoms with Gasteiger partial charge in [0, 0.05) is 24.3 Å². The van der Waals surface area contributed by atoms with Crippen molar-refractivity contribution in [1.82, 2.24) is 14.7 Å². The van der Waals surface area contributed by atoms with Crippen LogP contribution in [-0.4, -0.2) is 27.9 Å². The Labute approximate surface area is 97.9 Å². The zero-order valence-corrected chi connectivity index (χ0v) is 10.4. The van der Waals surface area contributed by atoms with Crippen molar-refractivity contribution in [2.75, 3.05) is 18.6 Å². The number of thioether (sulfide) groups is 1. The van der Waals surface area contributed by atoms with Gasteiger partial charge in [0.25, 0.3) is 0 Å². The number of thiazole rings is 1. The first-order valence-electron chi connectivity index (χ1n) is 5.01. The van der Waals surface area contributed by atoms with E-state index in [-0.39, 0.29) is 0 Å². The highest BCUT2D eigenvalue weighted by molar-refractivity contribution is 7.98. The van der Waals surface area contributed by atoms with Crippen LogP contribution in [0.4, 0.5) is 0 Å². The van der Waals surface area contributed by atoms with Crippen LogP contribution in [0.15, 0.2) is 17.8 Å². The average molecular weight is 241 g/mol. The van der Waals surface area contributed by atoms with Gasteiger partial charge in [-0.2, -0.15) is 11.8 Å². The number of fused-ring (bicyclic) bond motifs is 1. The van der Waals surface area contributed by atoms with E-state index < -0.39 is 0 Å². The third-order valence-corrected chi connectivity index (χ3v) is 3.62. The topological polar surface area (TPSA) is 29.3 Å². The minimum absolute atomic E-state index is 0.878. The smallest absolute Gasteiger partial charge is 0.193 e. The normalized spacial score (nSPS) is 11.3. The Morgan fingerprint density at radius 1 is 1.60 bits per heavy atom. The van der Waals surface area contributed by atoms with Crippen molar-refractivity contribution >= 4 is 28.1 Å². The summed E-state index contributed by atoms with van der Waals surface area (Å²) in [5.41, 5.74) is 1.13. The molecule has 0 aromatic carbocycles. The molecule has 0 saturated heterocycles. The summed E-state index contributed by atoms with van der Waals surface area (Å²) in [7, 11) is 0. The third-order valence-electron chi connectivity index (χ3n) is 2.15. The molecule has 0 atom stereocenters. The lowest BCUT2D eigenvalue weighted by Crippen LogP contribution is -2.15. The maximum Gasteiger partial charge on any atom is 0.193 e. The van der Waals surface area contributed by atoms with Crippen molar-refractivity contribution in [1.29, 1.82) is 0 Å². The molecule has 15 heavy (non-hydrogen) atoms. The summed E-state index contributed by atoms with van der Waals surface area (Å²) < 4.78 is 2.07. The number of imidazole rings is 1. The zero-order valence-electron chi connectivity index (χ0n) is 8.77. The van der Waals surface area contributed by atoms with Gasteiger partial charge in [0.05, 0.1) is 5.69 Å². The molecule has 3 nitrogen and oxygen atoms in total. The highest BCUT2D eigenvalue weighted by Crippen LogP contribution is 2.10. The molecule has 2 rings (SSSR count). The molecule has 82 valence electrons. The molecule has 0 aliphatic rings. The van der Waals surface area contributed by atoms with Crippen molar-refractivity contribution < 1.29 is 0 Å². The van der Waals surface area contributed by atoms with E-state index in [2.05, 4.69) is 32.5 Å². The van der Waals surface area contributed by atoms with Crippen molar-refractivity contribution in [3.63, 3.8) is 0 Å². The molecule has 1 N–H and O–H groups in total.